The molecule has 5 rings (SSSR count). The first kappa shape index (κ1) is 25.3. The zero-order valence-corrected chi connectivity index (χ0v) is 22.4. The molecule has 0 spiro atoms. The highest BCUT2D eigenvalue weighted by Gasteiger charge is 2.48. The van der Waals surface area contributed by atoms with Gasteiger partial charge in [-0.2, -0.15) is 0 Å². The van der Waals surface area contributed by atoms with Gasteiger partial charge in [-0.3, -0.25) is 14.5 Å². The van der Waals surface area contributed by atoms with E-state index in [4.69, 9.17) is 19.2 Å². The van der Waals surface area contributed by atoms with Crippen LogP contribution in [0, 0.1) is 13.8 Å². The number of carbonyl (C=O) groups excluding carboxylic acids is 2. The van der Waals surface area contributed by atoms with Crippen molar-refractivity contribution in [3.63, 3.8) is 0 Å². The Morgan fingerprint density at radius 1 is 0.947 bits per heavy atom. The van der Waals surface area contributed by atoms with Gasteiger partial charge in [-0.15, -0.1) is 0 Å². The summed E-state index contributed by atoms with van der Waals surface area (Å²) in [6.45, 7) is 3.96. The maximum Gasteiger partial charge on any atom is 0.301 e. The Kier molecular flexibility index (Phi) is 6.54. The van der Waals surface area contributed by atoms with Crippen LogP contribution in [0.25, 0.3) is 16.0 Å². The van der Waals surface area contributed by atoms with Crippen molar-refractivity contribution in [3.05, 3.63) is 82.4 Å². The molecule has 1 amide bonds. The number of nitrogens with zero attached hydrogens (tertiary/aromatic N) is 2. The van der Waals surface area contributed by atoms with E-state index in [-0.39, 0.29) is 11.3 Å². The zero-order valence-electron chi connectivity index (χ0n) is 21.6. The van der Waals surface area contributed by atoms with Crippen LogP contribution >= 0.6 is 11.3 Å². The van der Waals surface area contributed by atoms with Crippen LogP contribution in [0.5, 0.6) is 17.2 Å². The molecule has 1 N–H and O–H groups in total. The predicted octanol–water partition coefficient (Wildman–Crippen LogP) is 5.57. The molecule has 1 aliphatic heterocycles. The van der Waals surface area contributed by atoms with Crippen LogP contribution in [-0.4, -0.2) is 43.1 Å². The lowest BCUT2D eigenvalue weighted by atomic mass is 9.95. The molecule has 4 aromatic rings. The van der Waals surface area contributed by atoms with Gasteiger partial charge in [0.15, 0.2) is 16.6 Å². The summed E-state index contributed by atoms with van der Waals surface area (Å²) in [5.74, 6) is -0.472. The molecule has 0 aliphatic carbocycles. The smallest absolute Gasteiger partial charge is 0.301 e. The maximum absolute atomic E-state index is 13.6. The summed E-state index contributed by atoms with van der Waals surface area (Å²) in [5.41, 5.74) is 3.65. The number of amides is 1. The number of aryl methyl sites for hydroxylation is 2. The Bertz CT molecular complexity index is 1620. The molecular formula is C29H26N2O6S. The molecule has 194 valence electrons. The Labute approximate surface area is 223 Å². The van der Waals surface area contributed by atoms with E-state index in [0.717, 1.165) is 21.3 Å². The summed E-state index contributed by atoms with van der Waals surface area (Å²) in [7, 11) is 4.55. The minimum atomic E-state index is -0.956. The van der Waals surface area contributed by atoms with Gasteiger partial charge in [0.1, 0.15) is 11.5 Å². The normalized spacial score (nSPS) is 16.8. The van der Waals surface area contributed by atoms with Crippen molar-refractivity contribution in [1.29, 1.82) is 0 Å². The van der Waals surface area contributed by atoms with Crippen molar-refractivity contribution in [1.82, 2.24) is 4.98 Å². The SMILES string of the molecule is COc1cccc(/C(O)=C2\C(=O)C(=O)N(c3nc4c(C)cc(C)cc4s3)C2c2ccc(OC)c(OC)c2)c1. The van der Waals surface area contributed by atoms with E-state index in [0.29, 0.717) is 33.5 Å². The quantitative estimate of drug-likeness (QED) is 0.198. The van der Waals surface area contributed by atoms with Crippen molar-refractivity contribution in [3.8, 4) is 17.2 Å². The number of anilines is 1. The van der Waals surface area contributed by atoms with Gasteiger partial charge in [0, 0.05) is 5.56 Å². The third kappa shape index (κ3) is 4.14. The number of rotatable bonds is 6. The molecule has 1 aromatic heterocycles. The number of thiazole rings is 1. The van der Waals surface area contributed by atoms with E-state index >= 15 is 0 Å². The topological polar surface area (TPSA) is 98.2 Å². The van der Waals surface area contributed by atoms with Crippen molar-refractivity contribution in [2.75, 3.05) is 26.2 Å². The number of carbonyl (C=O) groups is 2. The Balaban J connectivity index is 1.76. The number of Topliss-reactive ketones (excluding diaryl/α,β-unsaturated/α-hetero) is 1. The van der Waals surface area contributed by atoms with E-state index < -0.39 is 17.7 Å². The van der Waals surface area contributed by atoms with Crippen molar-refractivity contribution in [2.45, 2.75) is 19.9 Å². The molecule has 1 unspecified atom stereocenters. The van der Waals surface area contributed by atoms with E-state index in [1.165, 1.54) is 37.6 Å². The molecule has 1 fully saturated rings. The first-order valence-corrected chi connectivity index (χ1v) is 12.6. The third-order valence-corrected chi connectivity index (χ3v) is 7.54. The highest BCUT2D eigenvalue weighted by Crippen LogP contribution is 2.46. The summed E-state index contributed by atoms with van der Waals surface area (Å²) in [6, 6.07) is 14.9. The largest absolute Gasteiger partial charge is 0.507 e. The number of aliphatic hydroxyl groups excluding tert-OH is 1. The van der Waals surface area contributed by atoms with E-state index in [2.05, 4.69) is 0 Å². The van der Waals surface area contributed by atoms with Crippen LogP contribution in [0.15, 0.2) is 60.2 Å². The van der Waals surface area contributed by atoms with Gasteiger partial charge in [-0.25, -0.2) is 4.98 Å². The number of aliphatic hydroxyl groups is 1. The average molecular weight is 531 g/mol. The second kappa shape index (κ2) is 9.83. The van der Waals surface area contributed by atoms with Crippen molar-refractivity contribution >= 4 is 44.1 Å². The average Bonchev–Trinajstić information content (AvgIpc) is 3.46. The van der Waals surface area contributed by atoms with Gasteiger partial charge in [0.25, 0.3) is 5.78 Å². The molecule has 38 heavy (non-hydrogen) atoms. The highest BCUT2D eigenvalue weighted by atomic mass is 32.1. The van der Waals surface area contributed by atoms with Crippen molar-refractivity contribution in [2.24, 2.45) is 0 Å². The molecule has 9 heteroatoms. The molecule has 0 saturated carbocycles. The van der Waals surface area contributed by atoms with E-state index in [9.17, 15) is 14.7 Å². The minimum Gasteiger partial charge on any atom is -0.507 e. The maximum atomic E-state index is 13.6. The van der Waals surface area contributed by atoms with E-state index in [1.807, 2.05) is 26.0 Å². The summed E-state index contributed by atoms with van der Waals surface area (Å²) in [5, 5.41) is 11.8. The zero-order chi connectivity index (χ0) is 27.1. The fourth-order valence-electron chi connectivity index (χ4n) is 4.76. The van der Waals surface area contributed by atoms with Gasteiger partial charge >= 0.3 is 5.91 Å². The lowest BCUT2D eigenvalue weighted by Gasteiger charge is -2.23. The molecule has 0 radical (unpaired) electrons. The lowest BCUT2D eigenvalue weighted by Crippen LogP contribution is -2.29. The Morgan fingerprint density at radius 3 is 2.42 bits per heavy atom. The van der Waals surface area contributed by atoms with Crippen LogP contribution < -0.4 is 19.1 Å². The highest BCUT2D eigenvalue weighted by molar-refractivity contribution is 7.22. The molecule has 1 aliphatic rings. The van der Waals surface area contributed by atoms with E-state index in [1.54, 1.807) is 42.5 Å². The van der Waals surface area contributed by atoms with Crippen LogP contribution in [0.2, 0.25) is 0 Å². The van der Waals surface area contributed by atoms with Gasteiger partial charge in [-0.1, -0.05) is 35.6 Å². The number of fused-ring (bicyclic) bond motifs is 1. The van der Waals surface area contributed by atoms with Gasteiger partial charge in [0.2, 0.25) is 0 Å². The summed E-state index contributed by atoms with van der Waals surface area (Å²) in [4.78, 5) is 33.2. The van der Waals surface area contributed by atoms with Crippen LogP contribution in [-0.2, 0) is 9.59 Å². The fourth-order valence-corrected chi connectivity index (χ4v) is 5.92. The van der Waals surface area contributed by atoms with Crippen LogP contribution in [0.4, 0.5) is 5.13 Å². The Hall–Kier alpha value is -4.37. The number of hydrogen-bond acceptors (Lipinski definition) is 8. The van der Waals surface area contributed by atoms with Crippen LogP contribution in [0.1, 0.15) is 28.3 Å². The molecule has 1 atom stereocenters. The number of aromatic nitrogens is 1. The molecule has 8 nitrogen and oxygen atoms in total. The second-order valence-electron chi connectivity index (χ2n) is 8.94. The van der Waals surface area contributed by atoms with Gasteiger partial charge in [-0.05, 0) is 60.9 Å². The molecule has 0 bridgehead atoms. The first-order valence-electron chi connectivity index (χ1n) is 11.8. The summed E-state index contributed by atoms with van der Waals surface area (Å²) in [6.07, 6.45) is 0. The van der Waals surface area contributed by atoms with Gasteiger partial charge in [0.05, 0.1) is 43.2 Å². The summed E-state index contributed by atoms with van der Waals surface area (Å²) >= 11 is 1.32. The van der Waals surface area contributed by atoms with Gasteiger partial charge < -0.3 is 19.3 Å². The van der Waals surface area contributed by atoms with Crippen molar-refractivity contribution < 1.29 is 28.9 Å². The number of methoxy groups -OCH3 is 3. The Morgan fingerprint density at radius 2 is 1.71 bits per heavy atom. The molecule has 3 aromatic carbocycles. The fraction of sp³-hybridized carbons (Fsp3) is 0.207. The predicted molar refractivity (Wildman–Crippen MR) is 146 cm³/mol. The van der Waals surface area contributed by atoms with Crippen LogP contribution in [0.3, 0.4) is 0 Å². The minimum absolute atomic E-state index is 0.0531. The molecular weight excluding hydrogens is 504 g/mol. The molecule has 1 saturated heterocycles. The number of ketones is 1. The standard InChI is InChI=1S/C29H26N2O6S/c1-15-11-16(2)24-22(12-15)38-29(30-24)31-25(17-9-10-20(36-4)21(14-17)37-5)23(27(33)28(31)34)26(32)18-7-6-8-19(13-18)35-3/h6-14,25,32H,1-5H3/b26-23+. The monoisotopic (exact) mass is 530 g/mol. The molecule has 2 heterocycles. The lowest BCUT2D eigenvalue weighted by molar-refractivity contribution is -0.132. The number of ether oxygens (including phenoxy) is 3. The summed E-state index contributed by atoms with van der Waals surface area (Å²) < 4.78 is 17.1. The first-order chi connectivity index (χ1) is 18.3. The number of benzene rings is 3. The third-order valence-electron chi connectivity index (χ3n) is 6.54. The number of hydrogen-bond donors (Lipinski definition) is 1. The second-order valence-corrected chi connectivity index (χ2v) is 9.95.